The molecule has 0 bridgehead atoms. The second-order valence-corrected chi connectivity index (χ2v) is 5.31. The lowest BCUT2D eigenvalue weighted by Crippen LogP contribution is -2.87. The Morgan fingerprint density at radius 3 is 2.62 bits per heavy atom. The Kier molecular flexibility index (Phi) is 4.67. The van der Waals surface area contributed by atoms with Gasteiger partial charge in [0.2, 0.25) is 0 Å². The highest BCUT2D eigenvalue weighted by molar-refractivity contribution is 5.30. The standard InChI is InChI=1S/C15H18F3N3/c1-11(2)20-9-14-19-7-8-21(14)10-12-5-3-4-6-13(12)15(16,17)18/h3-8,11,20H,9-10H2,1-2H3/p+1. The zero-order valence-corrected chi connectivity index (χ0v) is 12.1. The third-order valence-corrected chi connectivity index (χ3v) is 3.24. The number of nitrogens with two attached hydrogens (primary N) is 1. The van der Waals surface area contributed by atoms with Gasteiger partial charge in [-0.2, -0.15) is 13.2 Å². The van der Waals surface area contributed by atoms with Crippen LogP contribution in [0.3, 0.4) is 0 Å². The Labute approximate surface area is 121 Å². The monoisotopic (exact) mass is 298 g/mol. The number of rotatable bonds is 5. The van der Waals surface area contributed by atoms with Crippen LogP contribution in [0.1, 0.15) is 30.8 Å². The lowest BCUT2D eigenvalue weighted by atomic mass is 10.1. The van der Waals surface area contributed by atoms with Crippen LogP contribution in [0.15, 0.2) is 36.7 Å². The van der Waals surface area contributed by atoms with E-state index in [0.29, 0.717) is 12.6 Å². The highest BCUT2D eigenvalue weighted by Gasteiger charge is 2.32. The number of halogens is 3. The van der Waals surface area contributed by atoms with E-state index in [4.69, 9.17) is 0 Å². The van der Waals surface area contributed by atoms with Crippen LogP contribution in [0.2, 0.25) is 0 Å². The minimum Gasteiger partial charge on any atom is -0.338 e. The third kappa shape index (κ3) is 4.07. The van der Waals surface area contributed by atoms with E-state index in [2.05, 4.69) is 24.1 Å². The molecule has 3 nitrogen and oxygen atoms in total. The van der Waals surface area contributed by atoms with Crippen molar-refractivity contribution in [2.45, 2.75) is 39.2 Å². The van der Waals surface area contributed by atoms with Crippen molar-refractivity contribution in [3.63, 3.8) is 0 Å². The molecule has 0 unspecified atom stereocenters. The van der Waals surface area contributed by atoms with Crippen LogP contribution in [0.25, 0.3) is 0 Å². The number of aromatic nitrogens is 2. The first-order valence-electron chi connectivity index (χ1n) is 6.86. The first-order valence-corrected chi connectivity index (χ1v) is 6.86. The van der Waals surface area contributed by atoms with Gasteiger partial charge in [-0.3, -0.25) is 0 Å². The fourth-order valence-corrected chi connectivity index (χ4v) is 2.13. The molecule has 0 atom stereocenters. The number of quaternary nitrogens is 1. The van der Waals surface area contributed by atoms with E-state index in [-0.39, 0.29) is 12.1 Å². The topological polar surface area (TPSA) is 34.4 Å². The minimum absolute atomic E-state index is 0.178. The summed E-state index contributed by atoms with van der Waals surface area (Å²) in [7, 11) is 0. The minimum atomic E-state index is -4.33. The first kappa shape index (κ1) is 15.6. The van der Waals surface area contributed by atoms with E-state index in [0.717, 1.165) is 11.9 Å². The average molecular weight is 298 g/mol. The number of hydrogen-bond donors (Lipinski definition) is 1. The summed E-state index contributed by atoms with van der Waals surface area (Å²) in [6, 6.07) is 6.08. The van der Waals surface area contributed by atoms with Crippen LogP contribution < -0.4 is 5.32 Å². The largest absolute Gasteiger partial charge is 0.416 e. The van der Waals surface area contributed by atoms with E-state index in [1.54, 1.807) is 23.0 Å². The number of alkyl halides is 3. The first-order chi connectivity index (χ1) is 9.88. The van der Waals surface area contributed by atoms with E-state index in [1.165, 1.54) is 12.1 Å². The summed E-state index contributed by atoms with van der Waals surface area (Å²) in [4.78, 5) is 4.23. The molecule has 0 saturated heterocycles. The van der Waals surface area contributed by atoms with Gasteiger partial charge < -0.3 is 9.88 Å². The smallest absolute Gasteiger partial charge is 0.338 e. The number of imidazole rings is 1. The normalized spacial score (nSPS) is 12.1. The van der Waals surface area contributed by atoms with Crippen LogP contribution in [-0.4, -0.2) is 15.6 Å². The van der Waals surface area contributed by atoms with Gasteiger partial charge in [0.25, 0.3) is 0 Å². The second kappa shape index (κ2) is 6.30. The van der Waals surface area contributed by atoms with Crippen molar-refractivity contribution < 1.29 is 18.5 Å². The van der Waals surface area contributed by atoms with Crippen LogP contribution in [-0.2, 0) is 19.3 Å². The lowest BCUT2D eigenvalue weighted by molar-refractivity contribution is -0.699. The van der Waals surface area contributed by atoms with Crippen LogP contribution >= 0.6 is 0 Å². The van der Waals surface area contributed by atoms with Gasteiger partial charge >= 0.3 is 6.18 Å². The Morgan fingerprint density at radius 2 is 1.95 bits per heavy atom. The summed E-state index contributed by atoms with van der Waals surface area (Å²) in [6.45, 7) is 4.95. The summed E-state index contributed by atoms with van der Waals surface area (Å²) in [5.74, 6) is 0.778. The average Bonchev–Trinajstić information content (AvgIpc) is 2.83. The SMILES string of the molecule is CC(C)[NH2+]Cc1nccn1Cc1ccccc1C(F)(F)F. The molecule has 114 valence electrons. The van der Waals surface area contributed by atoms with Crippen molar-refractivity contribution in [1.29, 1.82) is 0 Å². The molecule has 0 aliphatic carbocycles. The fourth-order valence-electron chi connectivity index (χ4n) is 2.13. The van der Waals surface area contributed by atoms with Gasteiger partial charge in [-0.15, -0.1) is 0 Å². The molecule has 6 heteroatoms. The maximum Gasteiger partial charge on any atom is 0.416 e. The zero-order valence-electron chi connectivity index (χ0n) is 12.1. The molecule has 0 amide bonds. The molecule has 1 aromatic heterocycles. The van der Waals surface area contributed by atoms with E-state index < -0.39 is 11.7 Å². The molecule has 0 aliphatic heterocycles. The zero-order chi connectivity index (χ0) is 15.5. The Balaban J connectivity index is 2.22. The van der Waals surface area contributed by atoms with Crippen molar-refractivity contribution in [3.05, 3.63) is 53.6 Å². The van der Waals surface area contributed by atoms with Crippen molar-refractivity contribution in [3.8, 4) is 0 Å². The number of nitrogens with zero attached hydrogens (tertiary/aromatic N) is 2. The quantitative estimate of drug-likeness (QED) is 0.904. The number of benzene rings is 1. The fraction of sp³-hybridized carbons (Fsp3) is 0.400. The van der Waals surface area contributed by atoms with Crippen LogP contribution in [0.4, 0.5) is 13.2 Å². The molecule has 0 spiro atoms. The summed E-state index contributed by atoms with van der Waals surface area (Å²) in [6.07, 6.45) is -0.988. The second-order valence-electron chi connectivity index (χ2n) is 5.31. The van der Waals surface area contributed by atoms with E-state index >= 15 is 0 Å². The van der Waals surface area contributed by atoms with Crippen LogP contribution in [0, 0.1) is 0 Å². The van der Waals surface area contributed by atoms with Crippen molar-refractivity contribution in [2.24, 2.45) is 0 Å². The molecule has 1 heterocycles. The predicted octanol–water partition coefficient (Wildman–Crippen LogP) is 2.42. The highest BCUT2D eigenvalue weighted by Crippen LogP contribution is 2.32. The molecule has 0 aliphatic rings. The van der Waals surface area contributed by atoms with Crippen molar-refractivity contribution >= 4 is 0 Å². The predicted molar refractivity (Wildman–Crippen MR) is 73.5 cm³/mol. The molecular formula is C15H19F3N3+. The third-order valence-electron chi connectivity index (χ3n) is 3.24. The maximum atomic E-state index is 13.0. The van der Waals surface area contributed by atoms with Gasteiger partial charge in [-0.05, 0) is 25.5 Å². The molecule has 0 radical (unpaired) electrons. The van der Waals surface area contributed by atoms with E-state index in [9.17, 15) is 13.2 Å². The number of hydrogen-bond acceptors (Lipinski definition) is 1. The molecular weight excluding hydrogens is 279 g/mol. The van der Waals surface area contributed by atoms with Crippen LogP contribution in [0.5, 0.6) is 0 Å². The van der Waals surface area contributed by atoms with Gasteiger partial charge in [0, 0.05) is 18.9 Å². The molecule has 0 saturated carbocycles. The van der Waals surface area contributed by atoms with Gasteiger partial charge in [-0.25, -0.2) is 4.98 Å². The molecule has 2 rings (SSSR count). The van der Waals surface area contributed by atoms with Crippen molar-refractivity contribution in [1.82, 2.24) is 9.55 Å². The van der Waals surface area contributed by atoms with E-state index in [1.807, 2.05) is 0 Å². The maximum absolute atomic E-state index is 13.0. The van der Waals surface area contributed by atoms with Gasteiger partial charge in [0.05, 0.1) is 11.6 Å². The van der Waals surface area contributed by atoms with Gasteiger partial charge in [0.1, 0.15) is 6.54 Å². The Morgan fingerprint density at radius 1 is 1.24 bits per heavy atom. The van der Waals surface area contributed by atoms with Crippen molar-refractivity contribution in [2.75, 3.05) is 0 Å². The highest BCUT2D eigenvalue weighted by atomic mass is 19.4. The summed E-state index contributed by atoms with van der Waals surface area (Å²) >= 11 is 0. The Bertz CT molecular complexity index is 588. The lowest BCUT2D eigenvalue weighted by Gasteiger charge is -2.14. The summed E-state index contributed by atoms with van der Waals surface area (Å²) < 4.78 is 40.8. The van der Waals surface area contributed by atoms with Gasteiger partial charge in [-0.1, -0.05) is 18.2 Å². The molecule has 2 aromatic rings. The van der Waals surface area contributed by atoms with Gasteiger partial charge in [0.15, 0.2) is 5.82 Å². The molecule has 0 fully saturated rings. The molecule has 1 aromatic carbocycles. The summed E-state index contributed by atoms with van der Waals surface area (Å²) in [5, 5.41) is 2.09. The molecule has 21 heavy (non-hydrogen) atoms. The Hall–Kier alpha value is -1.82. The molecule has 2 N–H and O–H groups in total. The summed E-state index contributed by atoms with van der Waals surface area (Å²) in [5.41, 5.74) is -0.328.